The number of benzene rings is 2. The van der Waals surface area contributed by atoms with Crippen LogP contribution in [0, 0.1) is 6.92 Å². The fourth-order valence-electron chi connectivity index (χ4n) is 2.25. The van der Waals surface area contributed by atoms with Crippen molar-refractivity contribution in [3.63, 3.8) is 0 Å². The van der Waals surface area contributed by atoms with Crippen molar-refractivity contribution in [3.8, 4) is 5.69 Å². The Labute approximate surface area is 149 Å². The molecule has 25 heavy (non-hydrogen) atoms. The van der Waals surface area contributed by atoms with Gasteiger partial charge in [-0.15, -0.1) is 0 Å². The van der Waals surface area contributed by atoms with Crippen LogP contribution in [0.25, 0.3) is 5.69 Å². The van der Waals surface area contributed by atoms with Crippen molar-refractivity contribution >= 4 is 23.4 Å². The standard InChI is InChI=1S/C18H15ClN4O2/c1-12-10-11-20-23(12)16-8-4-14(5-9-16)18(25)22-21-17(24)13-2-6-15(19)7-3-13/h2-11H,1H3,(H,21,24)(H,22,25). The van der Waals surface area contributed by atoms with E-state index >= 15 is 0 Å². The summed E-state index contributed by atoms with van der Waals surface area (Å²) in [6, 6.07) is 15.2. The van der Waals surface area contributed by atoms with Crippen molar-refractivity contribution in [2.45, 2.75) is 6.92 Å². The number of carbonyl (C=O) groups excluding carboxylic acids is 2. The Morgan fingerprint density at radius 2 is 1.40 bits per heavy atom. The van der Waals surface area contributed by atoms with Gasteiger partial charge in [-0.1, -0.05) is 11.6 Å². The Morgan fingerprint density at radius 1 is 0.880 bits per heavy atom. The topological polar surface area (TPSA) is 76.0 Å². The first-order chi connectivity index (χ1) is 12.0. The Morgan fingerprint density at radius 3 is 1.88 bits per heavy atom. The number of aromatic nitrogens is 2. The monoisotopic (exact) mass is 354 g/mol. The van der Waals surface area contributed by atoms with E-state index in [4.69, 9.17) is 11.6 Å². The number of nitrogens with zero attached hydrogens (tertiary/aromatic N) is 2. The fraction of sp³-hybridized carbons (Fsp3) is 0.0556. The molecule has 0 aliphatic heterocycles. The lowest BCUT2D eigenvalue weighted by Gasteiger charge is -2.09. The zero-order valence-corrected chi connectivity index (χ0v) is 14.1. The molecule has 6 nitrogen and oxygen atoms in total. The van der Waals surface area contributed by atoms with Crippen LogP contribution in [-0.2, 0) is 0 Å². The van der Waals surface area contributed by atoms with Crippen LogP contribution in [0.3, 0.4) is 0 Å². The number of amides is 2. The maximum atomic E-state index is 12.1. The zero-order chi connectivity index (χ0) is 17.8. The molecule has 3 rings (SSSR count). The molecule has 0 bridgehead atoms. The second-order valence-corrected chi connectivity index (χ2v) is 5.78. The molecule has 7 heteroatoms. The van der Waals surface area contributed by atoms with Gasteiger partial charge in [0.2, 0.25) is 0 Å². The normalized spacial score (nSPS) is 10.3. The van der Waals surface area contributed by atoms with Crippen LogP contribution in [0.2, 0.25) is 5.02 Å². The SMILES string of the molecule is Cc1ccnn1-c1ccc(C(=O)NNC(=O)c2ccc(Cl)cc2)cc1. The van der Waals surface area contributed by atoms with E-state index in [2.05, 4.69) is 16.0 Å². The minimum absolute atomic E-state index is 0.397. The van der Waals surface area contributed by atoms with E-state index in [0.717, 1.165) is 11.4 Å². The smallest absolute Gasteiger partial charge is 0.267 e. The number of nitrogens with one attached hydrogen (secondary N) is 2. The van der Waals surface area contributed by atoms with Crippen LogP contribution in [0.1, 0.15) is 26.4 Å². The summed E-state index contributed by atoms with van der Waals surface area (Å²) in [5, 5.41) is 4.74. The summed E-state index contributed by atoms with van der Waals surface area (Å²) >= 11 is 5.78. The van der Waals surface area contributed by atoms with Gasteiger partial charge in [0, 0.05) is 28.0 Å². The molecule has 0 aliphatic rings. The highest BCUT2D eigenvalue weighted by atomic mass is 35.5. The van der Waals surface area contributed by atoms with Crippen LogP contribution < -0.4 is 10.9 Å². The molecule has 0 fully saturated rings. The third kappa shape index (κ3) is 3.87. The first-order valence-corrected chi connectivity index (χ1v) is 7.90. The Hall–Kier alpha value is -3.12. The van der Waals surface area contributed by atoms with Crippen molar-refractivity contribution < 1.29 is 9.59 Å². The van der Waals surface area contributed by atoms with Gasteiger partial charge < -0.3 is 0 Å². The van der Waals surface area contributed by atoms with E-state index in [1.54, 1.807) is 59.4 Å². The van der Waals surface area contributed by atoms with Crippen LogP contribution >= 0.6 is 11.6 Å². The minimum atomic E-state index is -0.422. The number of hydrogen-bond acceptors (Lipinski definition) is 3. The quantitative estimate of drug-likeness (QED) is 0.710. The summed E-state index contributed by atoms with van der Waals surface area (Å²) in [5.74, 6) is -0.833. The Bertz CT molecular complexity index is 902. The summed E-state index contributed by atoms with van der Waals surface area (Å²) in [4.78, 5) is 24.1. The highest BCUT2D eigenvalue weighted by Crippen LogP contribution is 2.11. The molecule has 2 aromatic carbocycles. The predicted octanol–water partition coefficient (Wildman–Crippen LogP) is 2.91. The van der Waals surface area contributed by atoms with Gasteiger partial charge >= 0.3 is 0 Å². The molecule has 0 unspecified atom stereocenters. The molecule has 2 amide bonds. The molecule has 0 saturated carbocycles. The Balaban J connectivity index is 1.62. The largest absolute Gasteiger partial charge is 0.269 e. The van der Waals surface area contributed by atoms with Crippen molar-refractivity contribution in [1.82, 2.24) is 20.6 Å². The molecule has 126 valence electrons. The second kappa shape index (κ2) is 7.19. The maximum Gasteiger partial charge on any atom is 0.269 e. The fourth-order valence-corrected chi connectivity index (χ4v) is 2.38. The summed E-state index contributed by atoms with van der Waals surface area (Å²) < 4.78 is 1.77. The molecule has 2 N–H and O–H groups in total. The summed E-state index contributed by atoms with van der Waals surface area (Å²) in [6.45, 7) is 1.94. The van der Waals surface area contributed by atoms with Gasteiger partial charge in [-0.05, 0) is 61.5 Å². The molecular weight excluding hydrogens is 340 g/mol. The lowest BCUT2D eigenvalue weighted by Crippen LogP contribution is -2.41. The molecule has 0 spiro atoms. The van der Waals surface area contributed by atoms with Gasteiger partial charge in [0.15, 0.2) is 0 Å². The van der Waals surface area contributed by atoms with Crippen molar-refractivity contribution in [1.29, 1.82) is 0 Å². The lowest BCUT2D eigenvalue weighted by atomic mass is 10.2. The lowest BCUT2D eigenvalue weighted by molar-refractivity contribution is 0.0846. The molecule has 0 aliphatic carbocycles. The zero-order valence-electron chi connectivity index (χ0n) is 13.4. The summed E-state index contributed by atoms with van der Waals surface area (Å²) in [5.41, 5.74) is 7.42. The van der Waals surface area contributed by atoms with Crippen LogP contribution in [-0.4, -0.2) is 21.6 Å². The van der Waals surface area contributed by atoms with Crippen molar-refractivity contribution in [2.75, 3.05) is 0 Å². The summed E-state index contributed by atoms with van der Waals surface area (Å²) in [6.07, 6.45) is 1.71. The van der Waals surface area contributed by atoms with Crippen molar-refractivity contribution in [3.05, 3.63) is 82.6 Å². The highest BCUT2D eigenvalue weighted by molar-refractivity contribution is 6.30. The second-order valence-electron chi connectivity index (χ2n) is 5.35. The maximum absolute atomic E-state index is 12.1. The third-order valence-electron chi connectivity index (χ3n) is 3.60. The van der Waals surface area contributed by atoms with E-state index < -0.39 is 11.8 Å². The van der Waals surface area contributed by atoms with Gasteiger partial charge in [0.05, 0.1) is 5.69 Å². The van der Waals surface area contributed by atoms with E-state index in [0.29, 0.717) is 16.1 Å². The van der Waals surface area contributed by atoms with Gasteiger partial charge in [-0.3, -0.25) is 20.4 Å². The number of halogens is 1. The highest BCUT2D eigenvalue weighted by Gasteiger charge is 2.10. The molecule has 0 radical (unpaired) electrons. The third-order valence-corrected chi connectivity index (χ3v) is 3.85. The van der Waals surface area contributed by atoms with E-state index in [1.807, 2.05) is 13.0 Å². The van der Waals surface area contributed by atoms with Gasteiger partial charge in [-0.25, -0.2) is 4.68 Å². The minimum Gasteiger partial charge on any atom is -0.267 e. The van der Waals surface area contributed by atoms with Crippen LogP contribution in [0.15, 0.2) is 60.8 Å². The average Bonchev–Trinajstić information content (AvgIpc) is 3.06. The molecule has 0 atom stereocenters. The predicted molar refractivity (Wildman–Crippen MR) is 94.7 cm³/mol. The van der Waals surface area contributed by atoms with Crippen LogP contribution in [0.4, 0.5) is 0 Å². The molecular formula is C18H15ClN4O2. The average molecular weight is 355 g/mol. The van der Waals surface area contributed by atoms with E-state index in [9.17, 15) is 9.59 Å². The molecule has 0 saturated heterocycles. The Kier molecular flexibility index (Phi) is 4.81. The number of aryl methyl sites for hydroxylation is 1. The number of hydrazine groups is 1. The number of rotatable bonds is 3. The van der Waals surface area contributed by atoms with E-state index in [-0.39, 0.29) is 0 Å². The van der Waals surface area contributed by atoms with Gasteiger partial charge in [0.1, 0.15) is 0 Å². The van der Waals surface area contributed by atoms with Gasteiger partial charge in [0.25, 0.3) is 11.8 Å². The molecule has 3 aromatic rings. The molecule has 1 heterocycles. The number of carbonyl (C=O) groups is 2. The van der Waals surface area contributed by atoms with Gasteiger partial charge in [-0.2, -0.15) is 5.10 Å². The molecule has 1 aromatic heterocycles. The van der Waals surface area contributed by atoms with Crippen LogP contribution in [0.5, 0.6) is 0 Å². The summed E-state index contributed by atoms with van der Waals surface area (Å²) in [7, 11) is 0. The number of hydrogen-bond donors (Lipinski definition) is 2. The van der Waals surface area contributed by atoms with Crippen molar-refractivity contribution in [2.24, 2.45) is 0 Å². The first-order valence-electron chi connectivity index (χ1n) is 7.52. The van der Waals surface area contributed by atoms with E-state index in [1.165, 1.54) is 0 Å². The first kappa shape index (κ1) is 16.7.